The minimum absolute atomic E-state index is 0.510. The molecule has 0 amide bonds. The Balaban J connectivity index is 2.14. The Kier molecular flexibility index (Phi) is 5.03. The highest BCUT2D eigenvalue weighted by Gasteiger charge is 2.27. The Morgan fingerprint density at radius 3 is 2.79 bits per heavy atom. The second-order valence-corrected chi connectivity index (χ2v) is 6.47. The molecule has 2 heterocycles. The molecule has 2 N–H and O–H groups in total. The summed E-state index contributed by atoms with van der Waals surface area (Å²) in [5, 5.41) is 4.57. The number of piperidine rings is 1. The van der Waals surface area contributed by atoms with Gasteiger partial charge in [-0.1, -0.05) is 13.8 Å². The third kappa shape index (κ3) is 3.20. The van der Waals surface area contributed by atoms with E-state index in [1.165, 1.54) is 23.0 Å². The summed E-state index contributed by atoms with van der Waals surface area (Å²) in [6.07, 6.45) is 3.45. The highest BCUT2D eigenvalue weighted by molar-refractivity contribution is 9.10. The molecule has 5 heteroatoms. The summed E-state index contributed by atoms with van der Waals surface area (Å²) in [5.41, 5.74) is 8.36. The quantitative estimate of drug-likeness (QED) is 0.922. The normalized spacial score (nSPS) is 24.9. The summed E-state index contributed by atoms with van der Waals surface area (Å²) in [6.45, 7) is 7.30. The van der Waals surface area contributed by atoms with Gasteiger partial charge in [0.15, 0.2) is 0 Å². The Morgan fingerprint density at radius 1 is 1.47 bits per heavy atom. The Morgan fingerprint density at radius 2 is 2.21 bits per heavy atom. The molecule has 4 nitrogen and oxygen atoms in total. The summed E-state index contributed by atoms with van der Waals surface area (Å²) in [6, 6.07) is 0.510. The first-order valence-electron chi connectivity index (χ1n) is 7.21. The molecule has 1 aliphatic rings. The van der Waals surface area contributed by atoms with Crippen molar-refractivity contribution in [3.8, 4) is 0 Å². The molecule has 0 aromatic carbocycles. The maximum absolute atomic E-state index is 5.94. The van der Waals surface area contributed by atoms with Gasteiger partial charge in [0.05, 0.1) is 15.9 Å². The molecule has 1 aliphatic heterocycles. The first-order chi connectivity index (χ1) is 9.06. The van der Waals surface area contributed by atoms with Crippen molar-refractivity contribution in [2.75, 3.05) is 13.1 Å². The molecule has 0 aliphatic carbocycles. The predicted octanol–water partition coefficient (Wildman–Crippen LogP) is 2.30. The van der Waals surface area contributed by atoms with E-state index in [1.807, 2.05) is 11.7 Å². The fraction of sp³-hybridized carbons (Fsp3) is 0.786. The van der Waals surface area contributed by atoms with E-state index < -0.39 is 0 Å². The van der Waals surface area contributed by atoms with Gasteiger partial charge in [0, 0.05) is 26.2 Å². The average molecular weight is 329 g/mol. The topological polar surface area (TPSA) is 47.1 Å². The number of nitrogens with two attached hydrogens (primary N) is 1. The van der Waals surface area contributed by atoms with Crippen molar-refractivity contribution in [3.05, 3.63) is 15.9 Å². The van der Waals surface area contributed by atoms with Crippen LogP contribution in [0.2, 0.25) is 0 Å². The van der Waals surface area contributed by atoms with Crippen LogP contribution in [0.15, 0.2) is 4.47 Å². The van der Waals surface area contributed by atoms with Gasteiger partial charge in [0.1, 0.15) is 0 Å². The molecule has 0 radical (unpaired) electrons. The first kappa shape index (κ1) is 15.0. The second kappa shape index (κ2) is 6.37. The third-order valence-electron chi connectivity index (χ3n) is 4.23. The highest BCUT2D eigenvalue weighted by atomic mass is 79.9. The molecule has 19 heavy (non-hydrogen) atoms. The maximum Gasteiger partial charge on any atom is 0.0767 e. The number of aryl methyl sites for hydroxylation is 2. The number of hydrogen-bond acceptors (Lipinski definition) is 3. The number of rotatable bonds is 4. The maximum atomic E-state index is 5.94. The molecule has 108 valence electrons. The lowest BCUT2D eigenvalue weighted by molar-refractivity contribution is 0.112. The molecule has 2 rings (SSSR count). The van der Waals surface area contributed by atoms with Crippen LogP contribution in [0.5, 0.6) is 0 Å². The van der Waals surface area contributed by atoms with Crippen molar-refractivity contribution in [2.24, 2.45) is 18.7 Å². The van der Waals surface area contributed by atoms with Crippen LogP contribution in [0, 0.1) is 5.92 Å². The van der Waals surface area contributed by atoms with Crippen LogP contribution < -0.4 is 5.73 Å². The molecule has 0 bridgehead atoms. The Bertz CT molecular complexity index is 429. The lowest BCUT2D eigenvalue weighted by atomic mass is 9.92. The molecule has 1 aromatic rings. The van der Waals surface area contributed by atoms with Crippen molar-refractivity contribution in [2.45, 2.75) is 45.7 Å². The first-order valence-corrected chi connectivity index (χ1v) is 8.00. The summed E-state index contributed by atoms with van der Waals surface area (Å²) in [7, 11) is 2.03. The van der Waals surface area contributed by atoms with E-state index in [-0.39, 0.29) is 0 Å². The van der Waals surface area contributed by atoms with Crippen LogP contribution in [-0.4, -0.2) is 33.8 Å². The van der Waals surface area contributed by atoms with E-state index in [2.05, 4.69) is 39.8 Å². The molecule has 0 saturated carbocycles. The van der Waals surface area contributed by atoms with E-state index in [9.17, 15) is 0 Å². The van der Waals surface area contributed by atoms with Crippen molar-refractivity contribution in [1.29, 1.82) is 0 Å². The van der Waals surface area contributed by atoms with E-state index in [4.69, 9.17) is 5.73 Å². The zero-order valence-corrected chi connectivity index (χ0v) is 13.8. The molecule has 1 aromatic heterocycles. The largest absolute Gasteiger partial charge is 0.329 e. The fourth-order valence-electron chi connectivity index (χ4n) is 2.94. The zero-order valence-electron chi connectivity index (χ0n) is 12.2. The van der Waals surface area contributed by atoms with Crippen LogP contribution in [0.3, 0.4) is 0 Å². The summed E-state index contributed by atoms with van der Waals surface area (Å²) in [4.78, 5) is 2.52. The smallest absolute Gasteiger partial charge is 0.0767 e. The molecule has 1 fully saturated rings. The predicted molar refractivity (Wildman–Crippen MR) is 81.9 cm³/mol. The summed E-state index contributed by atoms with van der Waals surface area (Å²) >= 11 is 3.70. The van der Waals surface area contributed by atoms with Crippen LogP contribution in [0.25, 0.3) is 0 Å². The van der Waals surface area contributed by atoms with E-state index >= 15 is 0 Å². The van der Waals surface area contributed by atoms with Crippen molar-refractivity contribution in [3.63, 3.8) is 0 Å². The van der Waals surface area contributed by atoms with E-state index in [1.54, 1.807) is 0 Å². The lowest BCUT2D eigenvalue weighted by Crippen LogP contribution is -2.45. The van der Waals surface area contributed by atoms with Crippen LogP contribution in [-0.2, 0) is 20.0 Å². The average Bonchev–Trinajstić information content (AvgIpc) is 2.67. The molecule has 2 unspecified atom stereocenters. The molecule has 0 spiro atoms. The van der Waals surface area contributed by atoms with Crippen molar-refractivity contribution >= 4 is 15.9 Å². The van der Waals surface area contributed by atoms with Gasteiger partial charge in [-0.15, -0.1) is 0 Å². The molecular weight excluding hydrogens is 304 g/mol. The van der Waals surface area contributed by atoms with Crippen LogP contribution in [0.1, 0.15) is 38.1 Å². The fourth-order valence-corrected chi connectivity index (χ4v) is 3.68. The summed E-state index contributed by atoms with van der Waals surface area (Å²) in [5.74, 6) is 0.797. The number of nitrogens with zero attached hydrogens (tertiary/aromatic N) is 3. The van der Waals surface area contributed by atoms with Gasteiger partial charge in [0.25, 0.3) is 0 Å². The van der Waals surface area contributed by atoms with Gasteiger partial charge < -0.3 is 5.73 Å². The van der Waals surface area contributed by atoms with Gasteiger partial charge in [-0.2, -0.15) is 5.10 Å². The van der Waals surface area contributed by atoms with Gasteiger partial charge in [-0.3, -0.25) is 9.58 Å². The minimum atomic E-state index is 0.510. The SMILES string of the molecule is CCc1nn(C)c(CN2CCC(C)CC2CN)c1Br. The van der Waals surface area contributed by atoms with Crippen molar-refractivity contribution < 1.29 is 0 Å². The van der Waals surface area contributed by atoms with Gasteiger partial charge >= 0.3 is 0 Å². The Labute approximate surface area is 124 Å². The monoisotopic (exact) mass is 328 g/mol. The van der Waals surface area contributed by atoms with E-state index in [0.29, 0.717) is 6.04 Å². The van der Waals surface area contributed by atoms with Crippen LogP contribution in [0.4, 0.5) is 0 Å². The molecule has 2 atom stereocenters. The second-order valence-electron chi connectivity index (χ2n) is 5.67. The molecule has 1 saturated heterocycles. The number of aromatic nitrogens is 2. The van der Waals surface area contributed by atoms with Crippen LogP contribution >= 0.6 is 15.9 Å². The van der Waals surface area contributed by atoms with Gasteiger partial charge in [-0.25, -0.2) is 0 Å². The Hall–Kier alpha value is -0.390. The third-order valence-corrected chi connectivity index (χ3v) is 5.14. The number of halogens is 1. The minimum Gasteiger partial charge on any atom is -0.329 e. The van der Waals surface area contributed by atoms with E-state index in [0.717, 1.165) is 37.7 Å². The number of hydrogen-bond donors (Lipinski definition) is 1. The van der Waals surface area contributed by atoms with Gasteiger partial charge in [-0.05, 0) is 47.7 Å². The summed E-state index contributed by atoms with van der Waals surface area (Å²) < 4.78 is 3.18. The zero-order chi connectivity index (χ0) is 14.0. The standard InChI is InChI=1S/C14H25BrN4/c1-4-12-14(15)13(18(3)17-12)9-19-6-5-10(2)7-11(19)8-16/h10-11H,4-9,16H2,1-3H3. The molecular formula is C14H25BrN4. The lowest BCUT2D eigenvalue weighted by Gasteiger charge is -2.37. The van der Waals surface area contributed by atoms with Crippen molar-refractivity contribution in [1.82, 2.24) is 14.7 Å². The number of likely N-dealkylation sites (tertiary alicyclic amines) is 1. The van der Waals surface area contributed by atoms with Gasteiger partial charge in [0.2, 0.25) is 0 Å². The highest BCUT2D eigenvalue weighted by Crippen LogP contribution is 2.27.